The van der Waals surface area contributed by atoms with Crippen molar-refractivity contribution in [1.82, 2.24) is 14.3 Å². The Bertz CT molecular complexity index is 895. The van der Waals surface area contributed by atoms with Crippen molar-refractivity contribution in [2.24, 2.45) is 0 Å². The molecule has 0 aliphatic carbocycles. The highest BCUT2D eigenvalue weighted by Gasteiger charge is 2.22. The minimum Gasteiger partial charge on any atom is -0.352 e. The molecular weight excluding hydrogens is 310 g/mol. The van der Waals surface area contributed by atoms with Crippen LogP contribution >= 0.6 is 11.5 Å². The van der Waals surface area contributed by atoms with Gasteiger partial charge in [-0.15, -0.1) is 0 Å². The Labute approximate surface area is 137 Å². The van der Waals surface area contributed by atoms with Crippen LogP contribution in [0.2, 0.25) is 0 Å². The molecule has 1 aromatic carbocycles. The lowest BCUT2D eigenvalue weighted by atomic mass is 10.2. The van der Waals surface area contributed by atoms with E-state index in [9.17, 15) is 4.79 Å². The first-order valence-electron chi connectivity index (χ1n) is 7.63. The lowest BCUT2D eigenvalue weighted by Crippen LogP contribution is -2.47. The van der Waals surface area contributed by atoms with Crippen molar-refractivity contribution < 1.29 is 0 Å². The van der Waals surface area contributed by atoms with Crippen molar-refractivity contribution in [3.05, 3.63) is 46.4 Å². The SMILES string of the molecule is Cc1cc(=O)[nH]c(N2CCN(c3nsc4ccccc34)CC2)n1. The minimum atomic E-state index is -0.0968. The molecule has 7 heteroatoms. The van der Waals surface area contributed by atoms with Gasteiger partial charge in [0, 0.05) is 43.3 Å². The summed E-state index contributed by atoms with van der Waals surface area (Å²) in [6.07, 6.45) is 0. The maximum atomic E-state index is 11.6. The predicted molar refractivity (Wildman–Crippen MR) is 93.6 cm³/mol. The first kappa shape index (κ1) is 14.2. The van der Waals surface area contributed by atoms with Crippen LogP contribution in [-0.4, -0.2) is 40.5 Å². The highest BCUT2D eigenvalue weighted by atomic mass is 32.1. The van der Waals surface area contributed by atoms with E-state index in [1.807, 2.05) is 13.0 Å². The maximum Gasteiger partial charge on any atom is 0.252 e. The number of benzene rings is 1. The number of hydrogen-bond acceptors (Lipinski definition) is 6. The summed E-state index contributed by atoms with van der Waals surface area (Å²) < 4.78 is 5.84. The molecule has 2 aromatic heterocycles. The van der Waals surface area contributed by atoms with E-state index >= 15 is 0 Å². The average molecular weight is 327 g/mol. The predicted octanol–water partition coefficient (Wildman–Crippen LogP) is 2.01. The smallest absolute Gasteiger partial charge is 0.252 e. The number of aromatic amines is 1. The first-order chi connectivity index (χ1) is 11.2. The largest absolute Gasteiger partial charge is 0.352 e. The van der Waals surface area contributed by atoms with E-state index in [0.717, 1.165) is 37.7 Å². The molecule has 6 nitrogen and oxygen atoms in total. The van der Waals surface area contributed by atoms with Crippen LogP contribution in [0.15, 0.2) is 35.1 Å². The van der Waals surface area contributed by atoms with Crippen LogP contribution in [0.3, 0.4) is 0 Å². The van der Waals surface area contributed by atoms with Gasteiger partial charge in [-0.05, 0) is 30.6 Å². The average Bonchev–Trinajstić information content (AvgIpc) is 2.98. The number of rotatable bonds is 2. The van der Waals surface area contributed by atoms with Crippen LogP contribution in [-0.2, 0) is 0 Å². The summed E-state index contributed by atoms with van der Waals surface area (Å²) in [6, 6.07) is 9.84. The lowest BCUT2D eigenvalue weighted by molar-refractivity contribution is 0.636. The Morgan fingerprint density at radius 3 is 2.65 bits per heavy atom. The Hall–Kier alpha value is -2.41. The molecular formula is C16H17N5OS. The summed E-state index contributed by atoms with van der Waals surface area (Å²) in [6.45, 7) is 5.21. The van der Waals surface area contributed by atoms with E-state index in [1.54, 1.807) is 11.5 Å². The molecule has 0 radical (unpaired) electrons. The van der Waals surface area contributed by atoms with Gasteiger partial charge in [-0.3, -0.25) is 9.78 Å². The number of nitrogens with one attached hydrogen (secondary N) is 1. The number of H-pyrrole nitrogens is 1. The van der Waals surface area contributed by atoms with Crippen molar-refractivity contribution >= 4 is 33.4 Å². The number of aryl methyl sites for hydroxylation is 1. The molecule has 1 aliphatic heterocycles. The summed E-state index contributed by atoms with van der Waals surface area (Å²) in [4.78, 5) is 23.3. The molecule has 0 bridgehead atoms. The zero-order valence-corrected chi connectivity index (χ0v) is 13.6. The molecule has 0 amide bonds. The molecule has 0 atom stereocenters. The Balaban J connectivity index is 1.54. The topological polar surface area (TPSA) is 65.1 Å². The van der Waals surface area contributed by atoms with Gasteiger partial charge >= 0.3 is 0 Å². The van der Waals surface area contributed by atoms with Gasteiger partial charge in [-0.2, -0.15) is 4.37 Å². The van der Waals surface area contributed by atoms with E-state index in [2.05, 4.69) is 42.3 Å². The number of piperazine rings is 1. The van der Waals surface area contributed by atoms with Crippen LogP contribution in [0.1, 0.15) is 5.69 Å². The molecule has 1 N–H and O–H groups in total. The summed E-state index contributed by atoms with van der Waals surface area (Å²) in [5.41, 5.74) is 0.650. The molecule has 1 fully saturated rings. The van der Waals surface area contributed by atoms with Gasteiger partial charge in [0.1, 0.15) is 5.82 Å². The second kappa shape index (κ2) is 5.66. The Kier molecular flexibility index (Phi) is 3.49. The van der Waals surface area contributed by atoms with Gasteiger partial charge in [0.05, 0.1) is 4.70 Å². The highest BCUT2D eigenvalue weighted by Crippen LogP contribution is 2.30. The summed E-state index contributed by atoms with van der Waals surface area (Å²) in [7, 11) is 0. The molecule has 0 unspecified atom stereocenters. The monoisotopic (exact) mass is 327 g/mol. The van der Waals surface area contributed by atoms with Gasteiger partial charge in [0.25, 0.3) is 5.56 Å². The van der Waals surface area contributed by atoms with Gasteiger partial charge in [-0.1, -0.05) is 12.1 Å². The Morgan fingerprint density at radius 2 is 1.87 bits per heavy atom. The van der Waals surface area contributed by atoms with Crippen molar-refractivity contribution in [2.75, 3.05) is 36.0 Å². The molecule has 23 heavy (non-hydrogen) atoms. The second-order valence-electron chi connectivity index (χ2n) is 5.69. The third-order valence-electron chi connectivity index (χ3n) is 4.09. The van der Waals surface area contributed by atoms with E-state index < -0.39 is 0 Å². The third-order valence-corrected chi connectivity index (χ3v) is 4.91. The zero-order valence-electron chi connectivity index (χ0n) is 12.8. The van der Waals surface area contributed by atoms with Crippen molar-refractivity contribution in [2.45, 2.75) is 6.92 Å². The minimum absolute atomic E-state index is 0.0968. The van der Waals surface area contributed by atoms with E-state index in [-0.39, 0.29) is 5.56 Å². The van der Waals surface area contributed by atoms with Crippen molar-refractivity contribution in [1.29, 1.82) is 0 Å². The molecule has 0 saturated carbocycles. The summed E-state index contributed by atoms with van der Waals surface area (Å²) in [5, 5.41) is 1.22. The van der Waals surface area contributed by atoms with Gasteiger partial charge in [0.2, 0.25) is 5.95 Å². The van der Waals surface area contributed by atoms with E-state index in [0.29, 0.717) is 5.95 Å². The quantitative estimate of drug-likeness (QED) is 0.780. The Morgan fingerprint density at radius 1 is 1.13 bits per heavy atom. The molecule has 118 valence electrons. The highest BCUT2D eigenvalue weighted by molar-refractivity contribution is 7.13. The summed E-state index contributed by atoms with van der Waals surface area (Å²) in [5.74, 6) is 1.73. The van der Waals surface area contributed by atoms with Crippen LogP contribution in [0.5, 0.6) is 0 Å². The van der Waals surface area contributed by atoms with Crippen LogP contribution < -0.4 is 15.4 Å². The summed E-state index contributed by atoms with van der Waals surface area (Å²) >= 11 is 1.54. The fraction of sp³-hybridized carbons (Fsp3) is 0.312. The van der Waals surface area contributed by atoms with Crippen LogP contribution in [0.4, 0.5) is 11.8 Å². The van der Waals surface area contributed by atoms with Gasteiger partial charge < -0.3 is 9.80 Å². The standard InChI is InChI=1S/C16H17N5OS/c1-11-10-14(22)18-16(17-11)21-8-6-20(7-9-21)15-12-4-2-3-5-13(12)23-19-15/h2-5,10H,6-9H2,1H3,(H,17,18,22). The van der Waals surface area contributed by atoms with Gasteiger partial charge in [-0.25, -0.2) is 4.98 Å². The number of aromatic nitrogens is 3. The molecule has 0 spiro atoms. The lowest BCUT2D eigenvalue weighted by Gasteiger charge is -2.35. The number of nitrogens with zero attached hydrogens (tertiary/aromatic N) is 4. The normalized spacial score (nSPS) is 15.3. The fourth-order valence-electron chi connectivity index (χ4n) is 2.94. The van der Waals surface area contributed by atoms with E-state index in [4.69, 9.17) is 0 Å². The molecule has 1 aliphatic rings. The number of fused-ring (bicyclic) bond motifs is 1. The molecule has 4 rings (SSSR count). The van der Waals surface area contributed by atoms with Gasteiger partial charge in [0.15, 0.2) is 0 Å². The molecule has 1 saturated heterocycles. The fourth-order valence-corrected chi connectivity index (χ4v) is 3.74. The van der Waals surface area contributed by atoms with Crippen LogP contribution in [0, 0.1) is 6.92 Å². The van der Waals surface area contributed by atoms with E-state index in [1.165, 1.54) is 16.2 Å². The molecule has 3 heterocycles. The number of anilines is 2. The van der Waals surface area contributed by atoms with Crippen LogP contribution in [0.25, 0.3) is 10.1 Å². The zero-order chi connectivity index (χ0) is 15.8. The third kappa shape index (κ3) is 2.68. The molecule has 3 aromatic rings. The second-order valence-corrected chi connectivity index (χ2v) is 6.49. The first-order valence-corrected chi connectivity index (χ1v) is 8.40. The number of hydrogen-bond donors (Lipinski definition) is 1. The van der Waals surface area contributed by atoms with Crippen molar-refractivity contribution in [3.63, 3.8) is 0 Å². The van der Waals surface area contributed by atoms with Crippen molar-refractivity contribution in [3.8, 4) is 0 Å². The maximum absolute atomic E-state index is 11.6.